The molecule has 176 valence electrons. The Morgan fingerprint density at radius 1 is 0.824 bits per heavy atom. The number of amides is 1. The Balaban J connectivity index is 1.80. The number of carbonyl (C=O) groups is 3. The molecule has 5 nitrogen and oxygen atoms in total. The molecule has 1 atom stereocenters. The van der Waals surface area contributed by atoms with Crippen LogP contribution in [0.3, 0.4) is 0 Å². The van der Waals surface area contributed by atoms with Crippen LogP contribution in [-0.2, 0) is 9.53 Å². The SMILES string of the molecule is CCOC(=O)C(F)(F)CC(CNC(=O)c1ccccc1)C(=O)c1ccc(-c2ccccc2)cc1. The second kappa shape index (κ2) is 11.3. The largest absolute Gasteiger partial charge is 0.462 e. The smallest absolute Gasteiger partial charge is 0.376 e. The molecule has 34 heavy (non-hydrogen) atoms. The number of halogens is 2. The summed E-state index contributed by atoms with van der Waals surface area (Å²) in [5, 5.41) is 2.54. The van der Waals surface area contributed by atoms with Gasteiger partial charge in [-0.2, -0.15) is 8.78 Å². The van der Waals surface area contributed by atoms with Crippen molar-refractivity contribution in [3.63, 3.8) is 0 Å². The van der Waals surface area contributed by atoms with Crippen LogP contribution in [0.4, 0.5) is 8.78 Å². The molecule has 0 aliphatic heterocycles. The van der Waals surface area contributed by atoms with Crippen LogP contribution in [0.2, 0.25) is 0 Å². The third-order valence-electron chi connectivity index (χ3n) is 5.27. The van der Waals surface area contributed by atoms with E-state index in [-0.39, 0.29) is 18.7 Å². The van der Waals surface area contributed by atoms with E-state index in [9.17, 15) is 23.2 Å². The Kier molecular flexibility index (Phi) is 8.24. The molecule has 0 heterocycles. The lowest BCUT2D eigenvalue weighted by molar-refractivity contribution is -0.173. The number of benzene rings is 3. The fraction of sp³-hybridized carbons (Fsp3) is 0.222. The van der Waals surface area contributed by atoms with Gasteiger partial charge in [-0.05, 0) is 30.2 Å². The number of hydrogen-bond donors (Lipinski definition) is 1. The van der Waals surface area contributed by atoms with E-state index in [1.807, 2.05) is 30.3 Å². The van der Waals surface area contributed by atoms with Gasteiger partial charge in [-0.25, -0.2) is 4.79 Å². The van der Waals surface area contributed by atoms with Crippen LogP contribution < -0.4 is 5.32 Å². The number of esters is 1. The summed E-state index contributed by atoms with van der Waals surface area (Å²) < 4.78 is 33.5. The fourth-order valence-corrected chi connectivity index (χ4v) is 3.49. The van der Waals surface area contributed by atoms with Crippen LogP contribution in [-0.4, -0.2) is 36.7 Å². The lowest BCUT2D eigenvalue weighted by Crippen LogP contribution is -2.40. The molecule has 0 radical (unpaired) electrons. The minimum Gasteiger partial charge on any atom is -0.462 e. The molecule has 0 bridgehead atoms. The van der Waals surface area contributed by atoms with Crippen LogP contribution in [0.15, 0.2) is 84.9 Å². The molecule has 0 fully saturated rings. The van der Waals surface area contributed by atoms with Crippen LogP contribution in [0, 0.1) is 5.92 Å². The molecule has 1 amide bonds. The molecule has 0 aliphatic carbocycles. The van der Waals surface area contributed by atoms with Crippen molar-refractivity contribution in [2.75, 3.05) is 13.2 Å². The Morgan fingerprint density at radius 3 is 1.97 bits per heavy atom. The van der Waals surface area contributed by atoms with Crippen molar-refractivity contribution in [1.82, 2.24) is 5.32 Å². The van der Waals surface area contributed by atoms with Gasteiger partial charge in [-0.1, -0.05) is 72.8 Å². The maximum absolute atomic E-state index is 14.5. The highest BCUT2D eigenvalue weighted by atomic mass is 19.3. The van der Waals surface area contributed by atoms with Gasteiger partial charge in [0.2, 0.25) is 0 Å². The van der Waals surface area contributed by atoms with E-state index in [2.05, 4.69) is 10.1 Å². The number of ketones is 1. The molecule has 7 heteroatoms. The zero-order valence-corrected chi connectivity index (χ0v) is 18.7. The molecule has 0 saturated carbocycles. The van der Waals surface area contributed by atoms with Gasteiger partial charge in [0.25, 0.3) is 5.91 Å². The first-order valence-corrected chi connectivity index (χ1v) is 10.9. The molecule has 0 saturated heterocycles. The number of hydrogen-bond acceptors (Lipinski definition) is 4. The fourth-order valence-electron chi connectivity index (χ4n) is 3.49. The van der Waals surface area contributed by atoms with E-state index in [1.54, 1.807) is 54.6 Å². The summed E-state index contributed by atoms with van der Waals surface area (Å²) in [6, 6.07) is 24.3. The molecule has 1 N–H and O–H groups in total. The van der Waals surface area contributed by atoms with Crippen molar-refractivity contribution in [2.45, 2.75) is 19.3 Å². The second-order valence-electron chi connectivity index (χ2n) is 7.71. The highest BCUT2D eigenvalue weighted by Crippen LogP contribution is 2.28. The number of rotatable bonds is 10. The highest BCUT2D eigenvalue weighted by molar-refractivity contribution is 6.00. The molecule has 3 aromatic carbocycles. The predicted molar refractivity (Wildman–Crippen MR) is 125 cm³/mol. The summed E-state index contributed by atoms with van der Waals surface area (Å²) >= 11 is 0. The average molecular weight is 465 g/mol. The number of carbonyl (C=O) groups excluding carboxylic acids is 3. The van der Waals surface area contributed by atoms with E-state index in [0.717, 1.165) is 11.1 Å². The van der Waals surface area contributed by atoms with Gasteiger partial charge in [0.05, 0.1) is 6.61 Å². The van der Waals surface area contributed by atoms with Crippen LogP contribution in [0.25, 0.3) is 11.1 Å². The minimum absolute atomic E-state index is 0.207. The number of alkyl halides is 2. The molecule has 3 aromatic rings. The van der Waals surface area contributed by atoms with E-state index in [1.165, 1.54) is 6.92 Å². The van der Waals surface area contributed by atoms with Crippen molar-refractivity contribution in [3.8, 4) is 11.1 Å². The molecule has 0 aliphatic rings. The summed E-state index contributed by atoms with van der Waals surface area (Å²) in [5.74, 6) is -8.01. The lowest BCUT2D eigenvalue weighted by Gasteiger charge is -2.22. The Morgan fingerprint density at radius 2 is 1.38 bits per heavy atom. The van der Waals surface area contributed by atoms with Gasteiger partial charge in [-0.15, -0.1) is 0 Å². The third kappa shape index (κ3) is 6.34. The lowest BCUT2D eigenvalue weighted by atomic mass is 9.90. The van der Waals surface area contributed by atoms with E-state index < -0.39 is 35.9 Å². The summed E-state index contributed by atoms with van der Waals surface area (Å²) in [7, 11) is 0. The van der Waals surface area contributed by atoms with Gasteiger partial charge in [0.15, 0.2) is 5.78 Å². The van der Waals surface area contributed by atoms with Crippen LogP contribution in [0.5, 0.6) is 0 Å². The van der Waals surface area contributed by atoms with Gasteiger partial charge in [-0.3, -0.25) is 9.59 Å². The van der Waals surface area contributed by atoms with Crippen molar-refractivity contribution in [3.05, 3.63) is 96.1 Å². The maximum atomic E-state index is 14.5. The normalized spacial score (nSPS) is 12.0. The van der Waals surface area contributed by atoms with Crippen molar-refractivity contribution in [1.29, 1.82) is 0 Å². The number of ether oxygens (including phenoxy) is 1. The van der Waals surface area contributed by atoms with Gasteiger partial charge in [0, 0.05) is 30.0 Å². The predicted octanol–water partition coefficient (Wildman–Crippen LogP) is 5.17. The zero-order chi connectivity index (χ0) is 24.6. The van der Waals surface area contributed by atoms with Gasteiger partial charge >= 0.3 is 11.9 Å². The molecule has 0 spiro atoms. The van der Waals surface area contributed by atoms with Gasteiger partial charge in [0.1, 0.15) is 0 Å². The summed E-state index contributed by atoms with van der Waals surface area (Å²) in [6.07, 6.45) is -1.08. The van der Waals surface area contributed by atoms with Crippen LogP contribution in [0.1, 0.15) is 34.1 Å². The number of nitrogens with one attached hydrogen (secondary N) is 1. The molecule has 3 rings (SSSR count). The summed E-state index contributed by atoms with van der Waals surface area (Å²) in [5.41, 5.74) is 2.35. The minimum atomic E-state index is -3.88. The van der Waals surface area contributed by atoms with E-state index in [4.69, 9.17) is 0 Å². The molecule has 0 aromatic heterocycles. The Hall–Kier alpha value is -3.87. The maximum Gasteiger partial charge on any atom is 0.376 e. The quantitative estimate of drug-likeness (QED) is 0.331. The van der Waals surface area contributed by atoms with Crippen LogP contribution >= 0.6 is 0 Å². The van der Waals surface area contributed by atoms with Crippen molar-refractivity contribution < 1.29 is 27.9 Å². The second-order valence-corrected chi connectivity index (χ2v) is 7.71. The molecular formula is C27H25F2NO4. The first-order chi connectivity index (χ1) is 16.3. The van der Waals surface area contributed by atoms with Crippen molar-refractivity contribution in [2.24, 2.45) is 5.92 Å². The summed E-state index contributed by atoms with van der Waals surface area (Å²) in [4.78, 5) is 37.3. The number of Topliss-reactive ketones (excluding diaryl/α,β-unsaturated/α-hetero) is 1. The van der Waals surface area contributed by atoms with E-state index >= 15 is 0 Å². The topological polar surface area (TPSA) is 72.5 Å². The van der Waals surface area contributed by atoms with E-state index in [0.29, 0.717) is 5.56 Å². The molecular weight excluding hydrogens is 440 g/mol. The van der Waals surface area contributed by atoms with Gasteiger partial charge < -0.3 is 10.1 Å². The standard InChI is InChI=1S/C27H25F2NO4/c1-2-34-26(33)27(28,29)17-23(18-30-25(32)22-11-7-4-8-12-22)24(31)21-15-13-20(14-16-21)19-9-5-3-6-10-19/h3-16,23H,2,17-18H2,1H3,(H,30,32). The highest BCUT2D eigenvalue weighted by Gasteiger charge is 2.44. The third-order valence-corrected chi connectivity index (χ3v) is 5.27. The first-order valence-electron chi connectivity index (χ1n) is 10.9. The van der Waals surface area contributed by atoms with Crippen molar-refractivity contribution >= 4 is 17.7 Å². The zero-order valence-electron chi connectivity index (χ0n) is 18.7. The average Bonchev–Trinajstić information content (AvgIpc) is 2.87. The first kappa shape index (κ1) is 24.8. The molecule has 1 unspecified atom stereocenters. The Labute approximate surface area is 196 Å². The Bertz CT molecular complexity index is 1120. The summed E-state index contributed by atoms with van der Waals surface area (Å²) in [6.45, 7) is 0.853. The monoisotopic (exact) mass is 465 g/mol.